The molecule has 2 fully saturated rings. The average molecular weight is 493 g/mol. The second-order valence-corrected chi connectivity index (χ2v) is 9.46. The number of hydrogen-bond acceptors (Lipinski definition) is 8. The van der Waals surface area contributed by atoms with Gasteiger partial charge in [0.25, 0.3) is 0 Å². The van der Waals surface area contributed by atoms with Crippen molar-refractivity contribution in [1.29, 1.82) is 0 Å². The Morgan fingerprint density at radius 1 is 1.08 bits per heavy atom. The lowest BCUT2D eigenvalue weighted by Crippen LogP contribution is -2.35. The molecule has 192 valence electrons. The predicted octanol–water partition coefficient (Wildman–Crippen LogP) is 2.59. The maximum Gasteiger partial charge on any atom is 0.226 e. The molecule has 5 rings (SSSR count). The van der Waals surface area contributed by atoms with Gasteiger partial charge in [0.15, 0.2) is 22.9 Å². The molecular weight excluding hydrogens is 456 g/mol. The fourth-order valence-electron chi connectivity index (χ4n) is 4.87. The van der Waals surface area contributed by atoms with Gasteiger partial charge in [0.1, 0.15) is 0 Å². The predicted molar refractivity (Wildman–Crippen MR) is 142 cm³/mol. The molecule has 2 aliphatic rings. The fourth-order valence-corrected chi connectivity index (χ4v) is 4.87. The van der Waals surface area contributed by atoms with Crippen LogP contribution in [0.3, 0.4) is 0 Å². The Bertz CT molecular complexity index is 1160. The monoisotopic (exact) mass is 492 g/mol. The van der Waals surface area contributed by atoms with Gasteiger partial charge in [-0.1, -0.05) is 25.0 Å². The van der Waals surface area contributed by atoms with E-state index in [1.54, 1.807) is 0 Å². The van der Waals surface area contributed by atoms with Crippen molar-refractivity contribution >= 4 is 34.6 Å². The molecule has 1 aromatic carbocycles. The maximum atomic E-state index is 5.46. The summed E-state index contributed by atoms with van der Waals surface area (Å²) in [5.74, 6) is 1.37. The van der Waals surface area contributed by atoms with Crippen LogP contribution in [0.1, 0.15) is 43.7 Å². The van der Waals surface area contributed by atoms with Crippen molar-refractivity contribution < 1.29 is 4.74 Å². The molecule has 6 N–H and O–H groups in total. The molecule has 11 heteroatoms. The number of ether oxygens (including phenoxy) is 1. The Morgan fingerprint density at radius 3 is 2.61 bits per heavy atom. The molecule has 3 aromatic rings. The van der Waals surface area contributed by atoms with Crippen molar-refractivity contribution in [3.05, 3.63) is 36.2 Å². The quantitative estimate of drug-likeness (QED) is 0.191. The lowest BCUT2D eigenvalue weighted by atomic mass is 10.2. The molecule has 1 aliphatic carbocycles. The van der Waals surface area contributed by atoms with Gasteiger partial charge in [0, 0.05) is 44.5 Å². The molecule has 0 radical (unpaired) electrons. The topological polar surface area (TPSA) is 145 Å². The van der Waals surface area contributed by atoms with E-state index in [1.807, 2.05) is 6.33 Å². The molecule has 1 saturated heterocycles. The highest BCUT2D eigenvalue weighted by molar-refractivity contribution is 5.86. The summed E-state index contributed by atoms with van der Waals surface area (Å²) in [5.41, 5.74) is 14.7. The first kappa shape index (κ1) is 24.3. The number of imidazole rings is 1. The van der Waals surface area contributed by atoms with Crippen LogP contribution >= 0.6 is 0 Å². The van der Waals surface area contributed by atoms with Crippen LogP contribution in [0.4, 0.5) is 17.5 Å². The molecule has 0 bridgehead atoms. The number of rotatable bonds is 10. The molecule has 11 nitrogen and oxygen atoms in total. The lowest BCUT2D eigenvalue weighted by molar-refractivity contribution is 0.0342. The highest BCUT2D eigenvalue weighted by Gasteiger charge is 2.22. The zero-order valence-electron chi connectivity index (χ0n) is 20.7. The largest absolute Gasteiger partial charge is 0.379 e. The molecule has 0 amide bonds. The Hall–Kier alpha value is -3.44. The first-order valence-electron chi connectivity index (χ1n) is 12.9. The highest BCUT2D eigenvalue weighted by Crippen LogP contribution is 2.33. The van der Waals surface area contributed by atoms with Gasteiger partial charge in [-0.25, -0.2) is 4.98 Å². The van der Waals surface area contributed by atoms with E-state index in [9.17, 15) is 0 Å². The summed E-state index contributed by atoms with van der Waals surface area (Å²) in [5, 5.41) is 6.81. The van der Waals surface area contributed by atoms with Crippen LogP contribution in [0.5, 0.6) is 0 Å². The van der Waals surface area contributed by atoms with Gasteiger partial charge in [-0.2, -0.15) is 9.97 Å². The highest BCUT2D eigenvalue weighted by atomic mass is 16.5. The van der Waals surface area contributed by atoms with Gasteiger partial charge < -0.3 is 31.4 Å². The zero-order chi connectivity index (χ0) is 24.7. The van der Waals surface area contributed by atoms with Crippen LogP contribution in [0.25, 0.3) is 11.2 Å². The molecule has 0 spiro atoms. The molecule has 3 heterocycles. The van der Waals surface area contributed by atoms with Gasteiger partial charge in [0.05, 0.1) is 19.5 Å². The molecule has 2 aromatic heterocycles. The van der Waals surface area contributed by atoms with E-state index in [0.29, 0.717) is 30.9 Å². The van der Waals surface area contributed by atoms with Crippen molar-refractivity contribution in [2.24, 2.45) is 16.5 Å². The van der Waals surface area contributed by atoms with Crippen molar-refractivity contribution in [3.8, 4) is 0 Å². The van der Waals surface area contributed by atoms with E-state index in [4.69, 9.17) is 31.2 Å². The number of aromatic nitrogens is 4. The number of guanidine groups is 1. The summed E-state index contributed by atoms with van der Waals surface area (Å²) in [6.07, 6.45) is 7.48. The van der Waals surface area contributed by atoms with Gasteiger partial charge in [-0.15, -0.1) is 0 Å². The molecule has 1 aliphatic heterocycles. The van der Waals surface area contributed by atoms with Crippen molar-refractivity contribution in [1.82, 2.24) is 24.4 Å². The van der Waals surface area contributed by atoms with Crippen LogP contribution in [0.2, 0.25) is 0 Å². The molecular formula is C25H36N10O. The summed E-state index contributed by atoms with van der Waals surface area (Å²) < 4.78 is 7.67. The summed E-state index contributed by atoms with van der Waals surface area (Å²) >= 11 is 0. The number of hydrogen-bond donors (Lipinski definition) is 4. The van der Waals surface area contributed by atoms with Crippen molar-refractivity contribution in [3.63, 3.8) is 0 Å². The minimum absolute atomic E-state index is 0.107. The third-order valence-electron chi connectivity index (χ3n) is 6.78. The Morgan fingerprint density at radius 2 is 1.86 bits per heavy atom. The molecule has 0 atom stereocenters. The summed E-state index contributed by atoms with van der Waals surface area (Å²) in [4.78, 5) is 20.8. The maximum absolute atomic E-state index is 5.46. The number of nitrogens with one attached hydrogen (secondary N) is 2. The van der Waals surface area contributed by atoms with E-state index < -0.39 is 0 Å². The molecule has 0 unspecified atom stereocenters. The second kappa shape index (κ2) is 11.5. The number of benzene rings is 1. The number of fused-ring (bicyclic) bond motifs is 1. The van der Waals surface area contributed by atoms with E-state index in [1.165, 1.54) is 18.4 Å². The number of nitrogens with two attached hydrogens (primary N) is 2. The van der Waals surface area contributed by atoms with Gasteiger partial charge in [0.2, 0.25) is 5.95 Å². The van der Waals surface area contributed by atoms with Crippen molar-refractivity contribution in [2.75, 3.05) is 50.0 Å². The van der Waals surface area contributed by atoms with Gasteiger partial charge in [-0.3, -0.25) is 9.89 Å². The molecule has 36 heavy (non-hydrogen) atoms. The lowest BCUT2D eigenvalue weighted by Gasteiger charge is -2.26. The van der Waals surface area contributed by atoms with E-state index >= 15 is 0 Å². The van der Waals surface area contributed by atoms with Crippen molar-refractivity contribution in [2.45, 2.75) is 44.7 Å². The van der Waals surface area contributed by atoms with Crippen LogP contribution < -0.4 is 22.1 Å². The first-order valence-corrected chi connectivity index (χ1v) is 12.9. The van der Waals surface area contributed by atoms with Crippen LogP contribution in [0, 0.1) is 0 Å². The van der Waals surface area contributed by atoms with E-state index in [0.717, 1.165) is 69.0 Å². The smallest absolute Gasteiger partial charge is 0.226 e. The summed E-state index contributed by atoms with van der Waals surface area (Å²) in [6, 6.07) is 8.96. The number of morpholine rings is 1. The minimum Gasteiger partial charge on any atom is -0.379 e. The Balaban J connectivity index is 1.34. The van der Waals surface area contributed by atoms with Gasteiger partial charge in [-0.05, 0) is 37.0 Å². The van der Waals surface area contributed by atoms with E-state index in [-0.39, 0.29) is 5.96 Å². The summed E-state index contributed by atoms with van der Waals surface area (Å²) in [7, 11) is 0. The summed E-state index contributed by atoms with van der Waals surface area (Å²) in [6.45, 7) is 5.72. The number of anilines is 3. The van der Waals surface area contributed by atoms with Crippen LogP contribution in [-0.2, 0) is 11.3 Å². The second-order valence-electron chi connectivity index (χ2n) is 9.46. The zero-order valence-corrected chi connectivity index (χ0v) is 20.7. The van der Waals surface area contributed by atoms with E-state index in [2.05, 4.69) is 49.4 Å². The Labute approximate surface area is 211 Å². The first-order chi connectivity index (χ1) is 17.7. The normalized spacial score (nSPS) is 16.9. The van der Waals surface area contributed by atoms with Gasteiger partial charge >= 0.3 is 0 Å². The minimum atomic E-state index is 0.107. The standard InChI is InChI=1S/C25H36N10O/c26-24(27)28-10-3-11-29-25-32-22(21-23(33-25)35(17-30-21)20-4-1-2-5-20)31-19-8-6-18(7-9-19)16-34-12-14-36-15-13-34/h6-9,17,20H,1-5,10-16H2,(H4,26,27,28)(H2,29,31,32,33). The molecule has 1 saturated carbocycles. The fraction of sp³-hybridized carbons (Fsp3) is 0.520. The van der Waals surface area contributed by atoms with Crippen LogP contribution in [0.15, 0.2) is 35.6 Å². The number of aliphatic imine (C=N–C) groups is 1. The third kappa shape index (κ3) is 6.03. The number of nitrogens with zero attached hydrogens (tertiary/aromatic N) is 6. The average Bonchev–Trinajstić information content (AvgIpc) is 3.56. The SMILES string of the molecule is NC(N)=NCCCNc1nc(Nc2ccc(CN3CCOCC3)cc2)c2ncn(C3CCCC3)c2n1. The van der Waals surface area contributed by atoms with Crippen LogP contribution in [-0.4, -0.2) is 69.8 Å². The third-order valence-corrected chi connectivity index (χ3v) is 6.78. The Kier molecular flexibility index (Phi) is 7.77.